The van der Waals surface area contributed by atoms with Crippen molar-refractivity contribution in [2.24, 2.45) is 0 Å². The second-order valence-electron chi connectivity index (χ2n) is 4.90. The Kier molecular flexibility index (Phi) is 2.74. The van der Waals surface area contributed by atoms with E-state index in [1.807, 2.05) is 30.0 Å². The molecule has 0 bridgehead atoms. The fourth-order valence-corrected chi connectivity index (χ4v) is 2.50. The van der Waals surface area contributed by atoms with Crippen molar-refractivity contribution in [1.29, 1.82) is 0 Å². The van der Waals surface area contributed by atoms with Gasteiger partial charge in [0.2, 0.25) is 0 Å². The predicted octanol–water partition coefficient (Wildman–Crippen LogP) is 1.50. The van der Waals surface area contributed by atoms with E-state index in [0.717, 1.165) is 23.4 Å². The number of nitrogens with zero attached hydrogens (tertiary/aromatic N) is 2. The van der Waals surface area contributed by atoms with Gasteiger partial charge in [-0.15, -0.1) is 0 Å². The molecule has 3 rings (SSSR count). The number of aromatic amines is 1. The lowest BCUT2D eigenvalue weighted by Crippen LogP contribution is -2.36. The smallest absolute Gasteiger partial charge is 0.274 e. The van der Waals surface area contributed by atoms with Gasteiger partial charge in [0.1, 0.15) is 5.69 Å². The minimum Gasteiger partial charge on any atom is -0.398 e. The molecule has 1 amide bonds. The van der Waals surface area contributed by atoms with Gasteiger partial charge in [-0.05, 0) is 36.6 Å². The molecule has 0 saturated carbocycles. The molecule has 5 nitrogen and oxygen atoms in total. The number of nitrogen functional groups attached to an aromatic ring is 1. The molecule has 0 saturated heterocycles. The van der Waals surface area contributed by atoms with Gasteiger partial charge in [0, 0.05) is 24.5 Å². The highest BCUT2D eigenvalue weighted by atomic mass is 16.2. The van der Waals surface area contributed by atoms with Crippen LogP contribution in [0.25, 0.3) is 0 Å². The minimum atomic E-state index is -0.0302. The van der Waals surface area contributed by atoms with Crippen LogP contribution in [0.3, 0.4) is 0 Å². The Bertz CT molecular complexity index is 632. The number of rotatable bonds is 1. The molecule has 0 aliphatic carbocycles. The molecular weight excluding hydrogens is 240 g/mol. The van der Waals surface area contributed by atoms with Gasteiger partial charge in [-0.1, -0.05) is 12.1 Å². The highest BCUT2D eigenvalue weighted by molar-refractivity contribution is 5.92. The van der Waals surface area contributed by atoms with Crippen molar-refractivity contribution < 1.29 is 4.79 Å². The molecule has 98 valence electrons. The summed E-state index contributed by atoms with van der Waals surface area (Å²) in [5, 5.41) is 6.82. The van der Waals surface area contributed by atoms with Gasteiger partial charge in [0.15, 0.2) is 0 Å². The molecule has 0 spiro atoms. The van der Waals surface area contributed by atoms with Gasteiger partial charge in [0.25, 0.3) is 5.91 Å². The first-order chi connectivity index (χ1) is 9.15. The lowest BCUT2D eigenvalue weighted by atomic mass is 9.98. The number of carbonyl (C=O) groups is 1. The van der Waals surface area contributed by atoms with Crippen molar-refractivity contribution in [1.82, 2.24) is 15.1 Å². The molecule has 19 heavy (non-hydrogen) atoms. The van der Waals surface area contributed by atoms with E-state index in [1.165, 1.54) is 5.56 Å². The van der Waals surface area contributed by atoms with E-state index in [9.17, 15) is 4.79 Å². The second-order valence-corrected chi connectivity index (χ2v) is 4.90. The number of fused-ring (bicyclic) bond motifs is 1. The van der Waals surface area contributed by atoms with Gasteiger partial charge in [-0.3, -0.25) is 9.89 Å². The van der Waals surface area contributed by atoms with Gasteiger partial charge in [0.05, 0.1) is 0 Å². The number of aryl methyl sites for hydroxylation is 1. The molecule has 1 aliphatic rings. The summed E-state index contributed by atoms with van der Waals surface area (Å²) < 4.78 is 0. The van der Waals surface area contributed by atoms with Crippen LogP contribution in [-0.2, 0) is 13.0 Å². The quantitative estimate of drug-likeness (QED) is 0.759. The maximum Gasteiger partial charge on any atom is 0.274 e. The summed E-state index contributed by atoms with van der Waals surface area (Å²) >= 11 is 0. The lowest BCUT2D eigenvalue weighted by molar-refractivity contribution is 0.0729. The molecule has 0 fully saturated rings. The number of hydrogen-bond acceptors (Lipinski definition) is 3. The molecule has 2 heterocycles. The number of amides is 1. The molecule has 1 aliphatic heterocycles. The monoisotopic (exact) mass is 256 g/mol. The molecule has 5 heteroatoms. The Hall–Kier alpha value is -2.30. The SMILES string of the molecule is Cc1cc(C(=O)N2CCc3c(N)cccc3C2)n[nH]1. The van der Waals surface area contributed by atoms with Crippen LogP contribution >= 0.6 is 0 Å². The number of H-pyrrole nitrogens is 1. The summed E-state index contributed by atoms with van der Waals surface area (Å²) in [5.74, 6) is -0.0302. The molecule has 1 aromatic heterocycles. The Balaban J connectivity index is 1.84. The Morgan fingerprint density at radius 3 is 3.05 bits per heavy atom. The third-order valence-corrected chi connectivity index (χ3v) is 3.51. The van der Waals surface area contributed by atoms with Gasteiger partial charge < -0.3 is 10.6 Å². The van der Waals surface area contributed by atoms with E-state index in [-0.39, 0.29) is 5.91 Å². The lowest BCUT2D eigenvalue weighted by Gasteiger charge is -2.29. The number of carbonyl (C=O) groups excluding carboxylic acids is 1. The van der Waals surface area contributed by atoms with Crippen molar-refractivity contribution in [2.45, 2.75) is 19.9 Å². The van der Waals surface area contributed by atoms with E-state index >= 15 is 0 Å². The first-order valence-electron chi connectivity index (χ1n) is 6.32. The highest BCUT2D eigenvalue weighted by Crippen LogP contribution is 2.24. The predicted molar refractivity (Wildman–Crippen MR) is 72.6 cm³/mol. The highest BCUT2D eigenvalue weighted by Gasteiger charge is 2.24. The number of anilines is 1. The zero-order valence-corrected chi connectivity index (χ0v) is 10.8. The average Bonchev–Trinajstić information content (AvgIpc) is 2.84. The van der Waals surface area contributed by atoms with Crippen LogP contribution in [0, 0.1) is 6.92 Å². The first kappa shape index (κ1) is 11.8. The maximum absolute atomic E-state index is 12.3. The van der Waals surface area contributed by atoms with E-state index < -0.39 is 0 Å². The molecule has 0 unspecified atom stereocenters. The van der Waals surface area contributed by atoms with Crippen LogP contribution < -0.4 is 5.73 Å². The largest absolute Gasteiger partial charge is 0.398 e. The summed E-state index contributed by atoms with van der Waals surface area (Å²) in [6, 6.07) is 7.65. The van der Waals surface area contributed by atoms with Crippen LogP contribution in [0.15, 0.2) is 24.3 Å². The molecule has 3 N–H and O–H groups in total. The van der Waals surface area contributed by atoms with E-state index in [4.69, 9.17) is 5.73 Å². The van der Waals surface area contributed by atoms with Gasteiger partial charge in [-0.25, -0.2) is 0 Å². The Morgan fingerprint density at radius 2 is 2.32 bits per heavy atom. The number of aromatic nitrogens is 2. The van der Waals surface area contributed by atoms with Crippen LogP contribution in [-0.4, -0.2) is 27.5 Å². The van der Waals surface area contributed by atoms with Crippen LogP contribution in [0.2, 0.25) is 0 Å². The fraction of sp³-hybridized carbons (Fsp3) is 0.286. The van der Waals surface area contributed by atoms with Crippen molar-refractivity contribution in [2.75, 3.05) is 12.3 Å². The maximum atomic E-state index is 12.3. The van der Waals surface area contributed by atoms with Crippen LogP contribution in [0.1, 0.15) is 27.3 Å². The van der Waals surface area contributed by atoms with Gasteiger partial charge >= 0.3 is 0 Å². The summed E-state index contributed by atoms with van der Waals surface area (Å²) in [4.78, 5) is 14.1. The summed E-state index contributed by atoms with van der Waals surface area (Å²) in [6.45, 7) is 3.17. The number of hydrogen-bond donors (Lipinski definition) is 2. The summed E-state index contributed by atoms with van der Waals surface area (Å²) in [6.07, 6.45) is 0.803. The molecule has 1 aromatic carbocycles. The zero-order valence-electron chi connectivity index (χ0n) is 10.8. The van der Waals surface area contributed by atoms with Crippen LogP contribution in [0.5, 0.6) is 0 Å². The molecule has 2 aromatic rings. The molecule has 0 atom stereocenters. The second kappa shape index (κ2) is 4.42. The standard InChI is InChI=1S/C14H16N4O/c1-9-7-13(17-16-9)14(19)18-6-5-11-10(8-18)3-2-4-12(11)15/h2-4,7H,5-6,8,15H2,1H3,(H,16,17). The Labute approximate surface area is 111 Å². The topological polar surface area (TPSA) is 75.0 Å². The first-order valence-corrected chi connectivity index (χ1v) is 6.32. The van der Waals surface area contributed by atoms with E-state index in [2.05, 4.69) is 10.2 Å². The van der Waals surface area contributed by atoms with E-state index in [1.54, 1.807) is 6.07 Å². The van der Waals surface area contributed by atoms with Crippen molar-refractivity contribution >= 4 is 11.6 Å². The number of nitrogens with one attached hydrogen (secondary N) is 1. The zero-order chi connectivity index (χ0) is 13.4. The van der Waals surface area contributed by atoms with Crippen molar-refractivity contribution in [3.05, 3.63) is 46.8 Å². The summed E-state index contributed by atoms with van der Waals surface area (Å²) in [5.41, 5.74) is 10.4. The van der Waals surface area contributed by atoms with Gasteiger partial charge in [-0.2, -0.15) is 5.10 Å². The fourth-order valence-electron chi connectivity index (χ4n) is 2.50. The number of nitrogens with two attached hydrogens (primary N) is 1. The molecular formula is C14H16N4O. The number of benzene rings is 1. The third-order valence-electron chi connectivity index (χ3n) is 3.51. The van der Waals surface area contributed by atoms with E-state index in [0.29, 0.717) is 18.8 Å². The van der Waals surface area contributed by atoms with Crippen LogP contribution in [0.4, 0.5) is 5.69 Å². The average molecular weight is 256 g/mol. The molecule has 0 radical (unpaired) electrons. The Morgan fingerprint density at radius 1 is 1.47 bits per heavy atom. The minimum absolute atomic E-state index is 0.0302. The third kappa shape index (κ3) is 2.07. The van der Waals surface area contributed by atoms with Crippen molar-refractivity contribution in [3.63, 3.8) is 0 Å². The normalized spacial score (nSPS) is 14.3. The van der Waals surface area contributed by atoms with Crippen molar-refractivity contribution in [3.8, 4) is 0 Å². The summed E-state index contributed by atoms with van der Waals surface area (Å²) in [7, 11) is 0.